The summed E-state index contributed by atoms with van der Waals surface area (Å²) in [6, 6.07) is 6.62. The molecule has 0 radical (unpaired) electrons. The molecule has 0 aliphatic heterocycles. The summed E-state index contributed by atoms with van der Waals surface area (Å²) in [5.74, 6) is -0.200. The second-order valence-electron chi connectivity index (χ2n) is 5.05. The molecule has 0 saturated heterocycles. The van der Waals surface area contributed by atoms with Gasteiger partial charge in [0.1, 0.15) is 12.1 Å². The van der Waals surface area contributed by atoms with Crippen molar-refractivity contribution in [2.24, 2.45) is 0 Å². The fourth-order valence-electron chi connectivity index (χ4n) is 2.40. The first-order valence-corrected chi connectivity index (χ1v) is 6.68. The predicted molar refractivity (Wildman–Crippen MR) is 77.2 cm³/mol. The molecule has 20 heavy (non-hydrogen) atoms. The molecule has 0 unspecified atom stereocenters. The highest BCUT2D eigenvalue weighted by molar-refractivity contribution is 5.81. The van der Waals surface area contributed by atoms with E-state index in [2.05, 4.69) is 21.9 Å². The van der Waals surface area contributed by atoms with Gasteiger partial charge in [0.25, 0.3) is 0 Å². The monoisotopic (exact) mass is 269 g/mol. The van der Waals surface area contributed by atoms with E-state index in [1.165, 1.54) is 17.7 Å². The molecule has 102 valence electrons. The second kappa shape index (κ2) is 5.04. The van der Waals surface area contributed by atoms with Crippen LogP contribution in [0.4, 0.5) is 4.39 Å². The maximum absolute atomic E-state index is 12.9. The number of hydrogen-bond acceptors (Lipinski definition) is 2. The van der Waals surface area contributed by atoms with Crippen LogP contribution in [0, 0.1) is 19.7 Å². The predicted octanol–water partition coefficient (Wildman–Crippen LogP) is 3.50. The minimum Gasteiger partial charge on any atom is -0.356 e. The Hall–Kier alpha value is -2.23. The minimum absolute atomic E-state index is 0.200. The van der Waals surface area contributed by atoms with Gasteiger partial charge in [0, 0.05) is 5.69 Å². The van der Waals surface area contributed by atoms with E-state index in [9.17, 15) is 4.39 Å². The molecule has 1 N–H and O–H groups in total. The van der Waals surface area contributed by atoms with Crippen molar-refractivity contribution in [3.05, 3.63) is 58.9 Å². The Morgan fingerprint density at radius 1 is 1.05 bits per heavy atom. The highest BCUT2D eigenvalue weighted by atomic mass is 19.1. The van der Waals surface area contributed by atoms with E-state index >= 15 is 0 Å². The van der Waals surface area contributed by atoms with E-state index < -0.39 is 0 Å². The van der Waals surface area contributed by atoms with Gasteiger partial charge >= 0.3 is 0 Å². The number of aromatic amines is 1. The fraction of sp³-hybridized carbons (Fsp3) is 0.250. The molecule has 0 fully saturated rings. The molecular weight excluding hydrogens is 253 g/mol. The van der Waals surface area contributed by atoms with Gasteiger partial charge in [0.2, 0.25) is 0 Å². The number of benzene rings is 1. The standard InChI is InChI=1S/C16H16FN3/c1-10-11(2)20-16-14(18-9-19-15(10)16)8-5-12-3-6-13(17)7-4-12/h3-4,6-7,9,20H,5,8H2,1-2H3. The Kier molecular flexibility index (Phi) is 3.22. The number of aromatic nitrogens is 3. The van der Waals surface area contributed by atoms with Gasteiger partial charge in [0.05, 0.1) is 16.7 Å². The highest BCUT2D eigenvalue weighted by Crippen LogP contribution is 2.21. The molecule has 0 saturated carbocycles. The van der Waals surface area contributed by atoms with Gasteiger partial charge < -0.3 is 4.98 Å². The van der Waals surface area contributed by atoms with Crippen LogP contribution in [0.25, 0.3) is 11.0 Å². The largest absolute Gasteiger partial charge is 0.356 e. The lowest BCUT2D eigenvalue weighted by Gasteiger charge is -2.03. The van der Waals surface area contributed by atoms with Crippen molar-refractivity contribution < 1.29 is 4.39 Å². The summed E-state index contributed by atoms with van der Waals surface area (Å²) in [6.07, 6.45) is 3.26. The normalized spacial score (nSPS) is 11.2. The van der Waals surface area contributed by atoms with Crippen molar-refractivity contribution in [2.75, 3.05) is 0 Å². The van der Waals surface area contributed by atoms with Crippen LogP contribution in [0.1, 0.15) is 22.5 Å². The maximum Gasteiger partial charge on any atom is 0.123 e. The van der Waals surface area contributed by atoms with Crippen LogP contribution in [0.3, 0.4) is 0 Å². The van der Waals surface area contributed by atoms with E-state index in [4.69, 9.17) is 0 Å². The molecule has 0 aliphatic carbocycles. The van der Waals surface area contributed by atoms with E-state index in [0.717, 1.165) is 40.8 Å². The topological polar surface area (TPSA) is 41.6 Å². The Morgan fingerprint density at radius 3 is 2.55 bits per heavy atom. The van der Waals surface area contributed by atoms with E-state index in [-0.39, 0.29) is 5.82 Å². The average Bonchev–Trinajstić information content (AvgIpc) is 2.75. The summed E-state index contributed by atoms with van der Waals surface area (Å²) in [6.45, 7) is 4.10. The molecule has 0 aliphatic rings. The first-order valence-electron chi connectivity index (χ1n) is 6.68. The third kappa shape index (κ3) is 2.29. The molecule has 3 rings (SSSR count). The number of hydrogen-bond donors (Lipinski definition) is 1. The van der Waals surface area contributed by atoms with Crippen molar-refractivity contribution in [3.63, 3.8) is 0 Å². The van der Waals surface area contributed by atoms with E-state index in [1.54, 1.807) is 6.33 Å². The number of aryl methyl sites for hydroxylation is 4. The first kappa shape index (κ1) is 12.8. The van der Waals surface area contributed by atoms with Crippen molar-refractivity contribution in [1.29, 1.82) is 0 Å². The fourth-order valence-corrected chi connectivity index (χ4v) is 2.40. The summed E-state index contributed by atoms with van der Waals surface area (Å²) < 4.78 is 12.9. The summed E-state index contributed by atoms with van der Waals surface area (Å²) in [7, 11) is 0. The molecule has 2 aromatic heterocycles. The molecule has 0 atom stereocenters. The number of fused-ring (bicyclic) bond motifs is 1. The van der Waals surface area contributed by atoms with Crippen LogP contribution in [0.5, 0.6) is 0 Å². The number of H-pyrrole nitrogens is 1. The van der Waals surface area contributed by atoms with Crippen LogP contribution in [-0.2, 0) is 12.8 Å². The number of nitrogens with one attached hydrogen (secondary N) is 1. The Bertz CT molecular complexity index is 744. The molecule has 0 bridgehead atoms. The molecule has 4 heteroatoms. The number of rotatable bonds is 3. The smallest absolute Gasteiger partial charge is 0.123 e. The molecule has 3 aromatic rings. The molecule has 2 heterocycles. The summed E-state index contributed by atoms with van der Waals surface area (Å²) in [4.78, 5) is 12.1. The Labute approximate surface area is 116 Å². The molecule has 0 amide bonds. The molecular formula is C16H16FN3. The third-order valence-electron chi connectivity index (χ3n) is 3.72. The van der Waals surface area contributed by atoms with Crippen molar-refractivity contribution in [2.45, 2.75) is 26.7 Å². The highest BCUT2D eigenvalue weighted by Gasteiger charge is 2.10. The maximum atomic E-state index is 12.9. The van der Waals surface area contributed by atoms with Gasteiger partial charge in [-0.3, -0.25) is 0 Å². The average molecular weight is 269 g/mol. The van der Waals surface area contributed by atoms with E-state index in [1.807, 2.05) is 19.1 Å². The lowest BCUT2D eigenvalue weighted by atomic mass is 10.1. The van der Waals surface area contributed by atoms with Gasteiger partial charge in [-0.15, -0.1) is 0 Å². The second-order valence-corrected chi connectivity index (χ2v) is 5.05. The van der Waals surface area contributed by atoms with Crippen LogP contribution in [-0.4, -0.2) is 15.0 Å². The quantitative estimate of drug-likeness (QED) is 0.790. The van der Waals surface area contributed by atoms with Crippen molar-refractivity contribution in [3.8, 4) is 0 Å². The number of nitrogens with zero attached hydrogens (tertiary/aromatic N) is 2. The van der Waals surface area contributed by atoms with Crippen molar-refractivity contribution in [1.82, 2.24) is 15.0 Å². The molecule has 0 spiro atoms. The van der Waals surface area contributed by atoms with Gasteiger partial charge in [-0.25, -0.2) is 14.4 Å². The summed E-state index contributed by atoms with van der Waals surface area (Å²) >= 11 is 0. The van der Waals surface area contributed by atoms with E-state index in [0.29, 0.717) is 0 Å². The summed E-state index contributed by atoms with van der Waals surface area (Å²) in [5.41, 5.74) is 6.43. The molecule has 1 aromatic carbocycles. The zero-order valence-electron chi connectivity index (χ0n) is 11.6. The van der Waals surface area contributed by atoms with Gasteiger partial charge in [-0.05, 0) is 49.9 Å². The summed E-state index contributed by atoms with van der Waals surface area (Å²) in [5, 5.41) is 0. The molecule has 3 nitrogen and oxygen atoms in total. The zero-order chi connectivity index (χ0) is 14.1. The van der Waals surface area contributed by atoms with Crippen LogP contribution >= 0.6 is 0 Å². The van der Waals surface area contributed by atoms with Crippen LogP contribution in [0.15, 0.2) is 30.6 Å². The Balaban J connectivity index is 1.87. The van der Waals surface area contributed by atoms with Gasteiger partial charge in [-0.1, -0.05) is 12.1 Å². The van der Waals surface area contributed by atoms with Crippen LogP contribution < -0.4 is 0 Å². The Morgan fingerprint density at radius 2 is 1.80 bits per heavy atom. The lowest BCUT2D eigenvalue weighted by molar-refractivity contribution is 0.627. The third-order valence-corrected chi connectivity index (χ3v) is 3.72. The minimum atomic E-state index is -0.200. The van der Waals surface area contributed by atoms with Gasteiger partial charge in [-0.2, -0.15) is 0 Å². The first-order chi connectivity index (χ1) is 9.65. The lowest BCUT2D eigenvalue weighted by Crippen LogP contribution is -1.97. The number of halogens is 1. The SMILES string of the molecule is Cc1[nH]c2c(CCc3ccc(F)cc3)ncnc2c1C. The zero-order valence-corrected chi connectivity index (χ0v) is 11.6. The van der Waals surface area contributed by atoms with Gasteiger partial charge in [0.15, 0.2) is 0 Å². The van der Waals surface area contributed by atoms with Crippen molar-refractivity contribution >= 4 is 11.0 Å². The van der Waals surface area contributed by atoms with Crippen LogP contribution in [0.2, 0.25) is 0 Å².